The normalized spacial score (nSPS) is 42.3. The van der Waals surface area contributed by atoms with Gasteiger partial charge in [0, 0.05) is 13.8 Å². The van der Waals surface area contributed by atoms with Gasteiger partial charge in [-0.05, 0) is 0 Å². The molecule has 4 aliphatic heterocycles. The van der Waals surface area contributed by atoms with E-state index in [0.717, 1.165) is 13.8 Å². The van der Waals surface area contributed by atoms with Gasteiger partial charge in [-0.15, -0.1) is 0 Å². The number of carbonyl (C=O) groups is 4. The van der Waals surface area contributed by atoms with Crippen molar-refractivity contribution in [2.45, 2.75) is 137 Å². The molecule has 0 aromatic carbocycles. The summed E-state index contributed by atoms with van der Waals surface area (Å²) in [5.41, 5.74) is 0. The van der Waals surface area contributed by atoms with Gasteiger partial charge in [-0.2, -0.15) is 16.8 Å². The van der Waals surface area contributed by atoms with Crippen molar-refractivity contribution in [3.05, 3.63) is 0 Å². The molecule has 0 spiro atoms. The molecule has 4 fully saturated rings. The molecular formula is C28H44N2O29S2. The Hall–Kier alpha value is -2.98. The van der Waals surface area contributed by atoms with Gasteiger partial charge in [-0.3, -0.25) is 18.7 Å². The van der Waals surface area contributed by atoms with E-state index in [0.29, 0.717) is 0 Å². The second kappa shape index (κ2) is 20.2. The highest BCUT2D eigenvalue weighted by atomic mass is 32.3. The third-order valence-corrected chi connectivity index (χ3v) is 10.2. The van der Waals surface area contributed by atoms with Gasteiger partial charge < -0.3 is 94.9 Å². The summed E-state index contributed by atoms with van der Waals surface area (Å²) in [4.78, 5) is 48.8. The Morgan fingerprint density at radius 1 is 0.557 bits per heavy atom. The average molecular weight is 937 g/mol. The van der Waals surface area contributed by atoms with Crippen molar-refractivity contribution >= 4 is 44.6 Å². The lowest BCUT2D eigenvalue weighted by atomic mass is 9.94. The minimum atomic E-state index is -5.48. The Morgan fingerprint density at radius 2 is 1.07 bits per heavy atom. The van der Waals surface area contributed by atoms with E-state index in [2.05, 4.69) is 19.0 Å². The number of carboxylic acid groups (broad SMARTS) is 2. The highest BCUT2D eigenvalue weighted by Gasteiger charge is 2.58. The second-order valence-electron chi connectivity index (χ2n) is 13.7. The standard InChI is InChI=1S/C28H44N2O29S2/c1-5(32)29-9-19(17(59-61(48,49)50)7(3-31)52-25(9)44)55-28-16(39)14(37)20(22(58-28)24(42)43)56-26-10(30-6(2)33)18(11(34)8(53-26)4-51-60(45,46)47)54-27-15(38)12(35)13(36)21(57-27)23(40)41/h7-22,25-28,31,34-39,44H,3-4H2,1-2H3,(H,29,32)(H,30,33)(H,40,41)(H,42,43)(H,45,46,47)(H,48,49,50)/t7-,8-,9-,10-,11+,12+,13+,14-,15-,16-,17+,18-,19-,20+,21+,22+,25?,26+,27-,28-/m1/s1. The number of hydrogen-bond donors (Lipinski definition) is 14. The van der Waals surface area contributed by atoms with Crippen LogP contribution in [0.15, 0.2) is 0 Å². The zero-order valence-electron chi connectivity index (χ0n) is 31.1. The lowest BCUT2D eigenvalue weighted by molar-refractivity contribution is -0.367. The number of hydrogen-bond acceptors (Lipinski definition) is 25. The van der Waals surface area contributed by atoms with Gasteiger partial charge in [0.25, 0.3) is 0 Å². The number of nitrogens with one attached hydrogen (secondary N) is 2. The summed E-state index contributed by atoms with van der Waals surface area (Å²) in [6, 6.07) is -3.94. The van der Waals surface area contributed by atoms with E-state index in [1.54, 1.807) is 0 Å². The first-order valence-corrected chi connectivity index (χ1v) is 20.1. The molecule has 4 aliphatic rings. The first-order chi connectivity index (χ1) is 28.1. The highest BCUT2D eigenvalue weighted by molar-refractivity contribution is 7.81. The third-order valence-electron chi connectivity index (χ3n) is 9.35. The van der Waals surface area contributed by atoms with E-state index in [4.69, 9.17) is 33.2 Å². The fraction of sp³-hybridized carbons (Fsp3) is 0.857. The topological polar surface area (TPSA) is 486 Å². The van der Waals surface area contributed by atoms with Gasteiger partial charge in [0.2, 0.25) is 11.8 Å². The van der Waals surface area contributed by atoms with Crippen molar-refractivity contribution in [3.8, 4) is 0 Å². The molecule has 0 saturated carbocycles. The molecule has 4 saturated heterocycles. The molecular weight excluding hydrogens is 892 g/mol. The van der Waals surface area contributed by atoms with Gasteiger partial charge in [0.1, 0.15) is 85.3 Å². The number of rotatable bonds is 16. The molecule has 0 aliphatic carbocycles. The number of aliphatic carboxylic acids is 2. The van der Waals surface area contributed by atoms with Gasteiger partial charge in [-0.25, -0.2) is 18.0 Å². The lowest BCUT2D eigenvalue weighted by Gasteiger charge is -2.50. The van der Waals surface area contributed by atoms with Crippen molar-refractivity contribution in [3.63, 3.8) is 0 Å². The summed E-state index contributed by atoms with van der Waals surface area (Å²) in [5.74, 6) is -5.91. The van der Waals surface area contributed by atoms with E-state index < -0.39 is 180 Å². The number of ether oxygens (including phenoxy) is 7. The molecule has 0 aromatic heterocycles. The van der Waals surface area contributed by atoms with Gasteiger partial charge >= 0.3 is 32.7 Å². The molecule has 20 atom stereocenters. The summed E-state index contributed by atoms with van der Waals surface area (Å²) < 4.78 is 112. The van der Waals surface area contributed by atoms with Gasteiger partial charge in [-0.1, -0.05) is 0 Å². The third kappa shape index (κ3) is 12.4. The van der Waals surface area contributed by atoms with E-state index in [-0.39, 0.29) is 0 Å². The number of carboxylic acids is 2. The summed E-state index contributed by atoms with van der Waals surface area (Å²) in [6.45, 7) is -0.751. The highest BCUT2D eigenvalue weighted by Crippen LogP contribution is 2.35. The van der Waals surface area contributed by atoms with E-state index in [1.807, 2.05) is 0 Å². The Kier molecular flexibility index (Phi) is 16.8. The maximum atomic E-state index is 12.6. The molecule has 1 unspecified atom stereocenters. The van der Waals surface area contributed by atoms with Crippen LogP contribution >= 0.6 is 0 Å². The molecule has 2 amide bonds. The zero-order valence-corrected chi connectivity index (χ0v) is 32.7. The average Bonchev–Trinajstić information content (AvgIpc) is 3.13. The van der Waals surface area contributed by atoms with Gasteiger partial charge in [0.05, 0.1) is 13.2 Å². The van der Waals surface area contributed by atoms with Crippen LogP contribution in [0.2, 0.25) is 0 Å². The largest absolute Gasteiger partial charge is 0.479 e. The van der Waals surface area contributed by atoms with Crippen molar-refractivity contribution in [1.82, 2.24) is 10.6 Å². The van der Waals surface area contributed by atoms with Crippen LogP contribution in [-0.2, 0) is 81.5 Å². The van der Waals surface area contributed by atoms with Crippen LogP contribution in [0.3, 0.4) is 0 Å². The fourth-order valence-corrected chi connectivity index (χ4v) is 7.50. The van der Waals surface area contributed by atoms with Gasteiger partial charge in [0.15, 0.2) is 37.4 Å². The summed E-state index contributed by atoms with van der Waals surface area (Å²) >= 11 is 0. The van der Waals surface area contributed by atoms with E-state index in [9.17, 15) is 96.2 Å². The SMILES string of the molecule is CC(=O)N[C@H]1[C@H](O[C@H]2[C@H](O)[C@@H](O)[C@H](O[C@H]3[C@@H](OS(=O)(=O)O)[C@@H](CO)OC(O)[C@@H]3NC(C)=O)O[C@@H]2C(=O)O)O[C@H](COS(=O)(=O)O)[C@H](O)[C@@H]1O[C@@H]1O[C@H](C(=O)O)[C@@H](O)[C@H](O)[C@H]1O. The van der Waals surface area contributed by atoms with Crippen LogP contribution < -0.4 is 10.6 Å². The molecule has 33 heteroatoms. The predicted octanol–water partition coefficient (Wildman–Crippen LogP) is -9.62. The zero-order chi connectivity index (χ0) is 46.0. The summed E-state index contributed by atoms with van der Waals surface area (Å²) in [7, 11) is -10.8. The molecule has 0 bridgehead atoms. The molecule has 4 heterocycles. The van der Waals surface area contributed by atoms with E-state index >= 15 is 0 Å². The lowest BCUT2D eigenvalue weighted by Crippen LogP contribution is -2.71. The molecule has 0 radical (unpaired) electrons. The number of aliphatic hydroxyl groups excluding tert-OH is 8. The molecule has 14 N–H and O–H groups in total. The molecule has 4 rings (SSSR count). The van der Waals surface area contributed by atoms with Crippen molar-refractivity contribution in [2.24, 2.45) is 0 Å². The van der Waals surface area contributed by atoms with Crippen LogP contribution in [0, 0.1) is 0 Å². The van der Waals surface area contributed by atoms with Crippen LogP contribution in [0.5, 0.6) is 0 Å². The maximum Gasteiger partial charge on any atom is 0.397 e. The van der Waals surface area contributed by atoms with Crippen molar-refractivity contribution < 1.29 is 138 Å². The minimum Gasteiger partial charge on any atom is -0.479 e. The molecule has 61 heavy (non-hydrogen) atoms. The Bertz CT molecular complexity index is 1790. The number of carbonyl (C=O) groups excluding carboxylic acids is 2. The second-order valence-corrected chi connectivity index (χ2v) is 15.9. The summed E-state index contributed by atoms with van der Waals surface area (Å²) in [5, 5.41) is 109. The monoisotopic (exact) mass is 936 g/mol. The Labute approximate surface area is 342 Å². The van der Waals surface area contributed by atoms with E-state index in [1.165, 1.54) is 0 Å². The Balaban J connectivity index is 1.72. The smallest absolute Gasteiger partial charge is 0.397 e. The number of aliphatic hydroxyl groups is 8. The van der Waals surface area contributed by atoms with Crippen LogP contribution in [0.1, 0.15) is 13.8 Å². The molecule has 352 valence electrons. The van der Waals surface area contributed by atoms with Crippen LogP contribution in [0.25, 0.3) is 0 Å². The first-order valence-electron chi connectivity index (χ1n) is 17.4. The fourth-order valence-electron chi connectivity index (χ4n) is 6.68. The minimum absolute atomic E-state index is 0.854. The van der Waals surface area contributed by atoms with Crippen LogP contribution in [0.4, 0.5) is 0 Å². The first kappa shape index (κ1) is 50.7. The Morgan fingerprint density at radius 3 is 1.57 bits per heavy atom. The maximum absolute atomic E-state index is 12.6. The number of amides is 2. The van der Waals surface area contributed by atoms with Crippen molar-refractivity contribution in [1.29, 1.82) is 0 Å². The molecule has 31 nitrogen and oxygen atoms in total. The quantitative estimate of drug-likeness (QED) is 0.0639. The van der Waals surface area contributed by atoms with Crippen LogP contribution in [-0.4, -0.2) is 237 Å². The molecule has 0 aromatic rings. The predicted molar refractivity (Wildman–Crippen MR) is 179 cm³/mol. The summed E-state index contributed by atoms with van der Waals surface area (Å²) in [6.07, 6.45) is -41.3. The van der Waals surface area contributed by atoms with Crippen molar-refractivity contribution in [2.75, 3.05) is 13.2 Å².